The first-order valence-corrected chi connectivity index (χ1v) is 6.95. The van der Waals surface area contributed by atoms with E-state index in [9.17, 15) is 8.78 Å². The van der Waals surface area contributed by atoms with Gasteiger partial charge in [-0.3, -0.25) is 0 Å². The number of nitrogens with two attached hydrogens (primary N) is 1. The van der Waals surface area contributed by atoms with Gasteiger partial charge in [-0.05, 0) is 53.2 Å². The average molecular weight is 342 g/mol. The minimum atomic E-state index is -0.472. The number of pyridine rings is 1. The Labute approximate surface area is 124 Å². The number of anilines is 2. The molecule has 0 unspecified atom stereocenters. The first-order valence-electron chi connectivity index (χ1n) is 6.16. The van der Waals surface area contributed by atoms with Crippen molar-refractivity contribution in [1.82, 2.24) is 4.98 Å². The molecule has 0 amide bonds. The van der Waals surface area contributed by atoms with E-state index in [2.05, 4.69) is 20.9 Å². The fraction of sp³-hybridized carbons (Fsp3) is 0.214. The van der Waals surface area contributed by atoms with Gasteiger partial charge >= 0.3 is 0 Å². The Morgan fingerprint density at radius 3 is 2.70 bits per heavy atom. The van der Waals surface area contributed by atoms with Crippen molar-refractivity contribution in [3.63, 3.8) is 0 Å². The molecule has 0 bridgehead atoms. The number of rotatable bonds is 5. The van der Waals surface area contributed by atoms with Crippen LogP contribution in [-0.2, 0) is 0 Å². The van der Waals surface area contributed by atoms with Crippen LogP contribution >= 0.6 is 15.9 Å². The van der Waals surface area contributed by atoms with Gasteiger partial charge in [0, 0.05) is 22.9 Å². The summed E-state index contributed by atoms with van der Waals surface area (Å²) < 4.78 is 28.0. The molecule has 106 valence electrons. The number of benzene rings is 1. The summed E-state index contributed by atoms with van der Waals surface area (Å²) in [6.07, 6.45) is 2.15. The molecule has 0 saturated heterocycles. The van der Waals surface area contributed by atoms with Crippen molar-refractivity contribution in [2.45, 2.75) is 6.42 Å². The molecule has 0 spiro atoms. The SMILES string of the molecule is NCCCN(c1cccc(F)c1)c1ncc(Br)cc1F. The summed E-state index contributed by atoms with van der Waals surface area (Å²) >= 11 is 3.16. The third-order valence-electron chi connectivity index (χ3n) is 2.75. The molecular weight excluding hydrogens is 328 g/mol. The van der Waals surface area contributed by atoms with Crippen LogP contribution in [0.25, 0.3) is 0 Å². The highest BCUT2D eigenvalue weighted by Crippen LogP contribution is 2.28. The second-order valence-corrected chi connectivity index (χ2v) is 5.15. The lowest BCUT2D eigenvalue weighted by Crippen LogP contribution is -2.23. The molecule has 0 aliphatic heterocycles. The maximum Gasteiger partial charge on any atom is 0.169 e. The van der Waals surface area contributed by atoms with E-state index in [4.69, 9.17) is 5.73 Å². The van der Waals surface area contributed by atoms with Gasteiger partial charge in [0.2, 0.25) is 0 Å². The largest absolute Gasteiger partial charge is 0.330 e. The Bertz CT molecular complexity index is 592. The van der Waals surface area contributed by atoms with Crippen molar-refractivity contribution < 1.29 is 8.78 Å². The molecule has 0 aliphatic carbocycles. The Balaban J connectivity index is 2.41. The average Bonchev–Trinajstić information content (AvgIpc) is 2.41. The predicted molar refractivity (Wildman–Crippen MR) is 79.0 cm³/mol. The molecule has 2 aromatic rings. The first-order chi connectivity index (χ1) is 9.61. The number of hydrogen-bond donors (Lipinski definition) is 1. The van der Waals surface area contributed by atoms with Crippen molar-refractivity contribution in [2.24, 2.45) is 5.73 Å². The molecular formula is C14H14BrF2N3. The van der Waals surface area contributed by atoms with E-state index >= 15 is 0 Å². The topological polar surface area (TPSA) is 42.1 Å². The molecule has 2 N–H and O–H groups in total. The maximum atomic E-state index is 14.1. The Morgan fingerprint density at radius 1 is 1.25 bits per heavy atom. The van der Waals surface area contributed by atoms with E-state index < -0.39 is 5.82 Å². The summed E-state index contributed by atoms with van der Waals surface area (Å²) in [6.45, 7) is 0.926. The fourth-order valence-corrected chi connectivity index (χ4v) is 2.16. The van der Waals surface area contributed by atoms with E-state index in [-0.39, 0.29) is 11.6 Å². The minimum Gasteiger partial charge on any atom is -0.330 e. The molecule has 2 rings (SSSR count). The van der Waals surface area contributed by atoms with Gasteiger partial charge in [-0.25, -0.2) is 13.8 Å². The zero-order valence-electron chi connectivity index (χ0n) is 10.7. The zero-order chi connectivity index (χ0) is 14.5. The molecule has 1 aromatic carbocycles. The molecule has 0 aliphatic rings. The second-order valence-electron chi connectivity index (χ2n) is 4.23. The van der Waals surface area contributed by atoms with Crippen molar-refractivity contribution in [1.29, 1.82) is 0 Å². The van der Waals surface area contributed by atoms with Crippen molar-refractivity contribution in [2.75, 3.05) is 18.0 Å². The van der Waals surface area contributed by atoms with Gasteiger partial charge in [0.25, 0.3) is 0 Å². The van der Waals surface area contributed by atoms with E-state index in [0.717, 1.165) is 0 Å². The van der Waals surface area contributed by atoms with E-state index in [1.165, 1.54) is 24.4 Å². The normalized spacial score (nSPS) is 10.6. The van der Waals surface area contributed by atoms with Gasteiger partial charge in [0.1, 0.15) is 5.82 Å². The van der Waals surface area contributed by atoms with E-state index in [0.29, 0.717) is 29.7 Å². The van der Waals surface area contributed by atoms with E-state index in [1.807, 2.05) is 0 Å². The third-order valence-corrected chi connectivity index (χ3v) is 3.18. The van der Waals surface area contributed by atoms with Gasteiger partial charge < -0.3 is 10.6 Å². The summed E-state index contributed by atoms with van der Waals surface area (Å²) in [6, 6.07) is 7.31. The highest BCUT2D eigenvalue weighted by atomic mass is 79.9. The lowest BCUT2D eigenvalue weighted by atomic mass is 10.2. The molecule has 20 heavy (non-hydrogen) atoms. The van der Waals surface area contributed by atoms with Crippen molar-refractivity contribution in [3.05, 3.63) is 52.6 Å². The van der Waals surface area contributed by atoms with Gasteiger partial charge in [0.15, 0.2) is 11.6 Å². The number of halogens is 3. The zero-order valence-corrected chi connectivity index (χ0v) is 12.3. The van der Waals surface area contributed by atoms with Crippen molar-refractivity contribution >= 4 is 27.4 Å². The second kappa shape index (κ2) is 6.76. The molecule has 0 atom stereocenters. The summed E-state index contributed by atoms with van der Waals surface area (Å²) in [7, 11) is 0. The quantitative estimate of drug-likeness (QED) is 0.903. The van der Waals surface area contributed by atoms with Crippen LogP contribution in [0, 0.1) is 11.6 Å². The lowest BCUT2D eigenvalue weighted by Gasteiger charge is -2.24. The lowest BCUT2D eigenvalue weighted by molar-refractivity contribution is 0.612. The summed E-state index contributed by atoms with van der Waals surface area (Å²) in [5.41, 5.74) is 6.05. The van der Waals surface area contributed by atoms with Crippen LogP contribution in [-0.4, -0.2) is 18.1 Å². The highest BCUT2D eigenvalue weighted by Gasteiger charge is 2.15. The summed E-state index contributed by atoms with van der Waals surface area (Å²) in [5, 5.41) is 0. The number of hydrogen-bond acceptors (Lipinski definition) is 3. The molecule has 0 fully saturated rings. The fourth-order valence-electron chi connectivity index (χ4n) is 1.86. The van der Waals surface area contributed by atoms with Crippen LogP contribution in [0.2, 0.25) is 0 Å². The number of nitrogens with zero attached hydrogens (tertiary/aromatic N) is 2. The molecule has 6 heteroatoms. The monoisotopic (exact) mass is 341 g/mol. The van der Waals surface area contributed by atoms with Gasteiger partial charge in [-0.1, -0.05) is 6.07 Å². The van der Waals surface area contributed by atoms with Crippen LogP contribution < -0.4 is 10.6 Å². The summed E-state index contributed by atoms with van der Waals surface area (Å²) in [4.78, 5) is 5.70. The molecule has 3 nitrogen and oxygen atoms in total. The smallest absolute Gasteiger partial charge is 0.169 e. The molecule has 1 heterocycles. The number of aromatic nitrogens is 1. The predicted octanol–water partition coefficient (Wildman–Crippen LogP) is 3.61. The first kappa shape index (κ1) is 14.9. The van der Waals surface area contributed by atoms with Gasteiger partial charge in [-0.2, -0.15) is 0 Å². The maximum absolute atomic E-state index is 14.1. The summed E-state index contributed by atoms with van der Waals surface area (Å²) in [5.74, 6) is -0.689. The van der Waals surface area contributed by atoms with Gasteiger partial charge in [0.05, 0.1) is 0 Å². The Morgan fingerprint density at radius 2 is 2.05 bits per heavy atom. The Hall–Kier alpha value is -1.53. The van der Waals surface area contributed by atoms with E-state index in [1.54, 1.807) is 17.0 Å². The van der Waals surface area contributed by atoms with Crippen LogP contribution in [0.15, 0.2) is 41.0 Å². The third kappa shape index (κ3) is 3.52. The highest BCUT2D eigenvalue weighted by molar-refractivity contribution is 9.10. The van der Waals surface area contributed by atoms with Crippen LogP contribution in [0.5, 0.6) is 0 Å². The van der Waals surface area contributed by atoms with Crippen LogP contribution in [0.3, 0.4) is 0 Å². The minimum absolute atomic E-state index is 0.159. The van der Waals surface area contributed by atoms with Crippen LogP contribution in [0.4, 0.5) is 20.3 Å². The molecule has 1 aromatic heterocycles. The standard InChI is InChI=1S/C14H14BrF2N3/c15-10-7-13(17)14(19-9-10)20(6-2-5-18)12-4-1-3-11(16)8-12/h1,3-4,7-9H,2,5-6,18H2. The molecule has 0 saturated carbocycles. The van der Waals surface area contributed by atoms with Gasteiger partial charge in [-0.15, -0.1) is 0 Å². The van der Waals surface area contributed by atoms with Crippen molar-refractivity contribution in [3.8, 4) is 0 Å². The molecule has 0 radical (unpaired) electrons. The Kier molecular flexibility index (Phi) is 5.03. The van der Waals surface area contributed by atoms with Crippen LogP contribution in [0.1, 0.15) is 6.42 Å².